The number of allylic oxidation sites excluding steroid dienone is 1. The molecule has 178 valence electrons. The zero-order valence-corrected chi connectivity index (χ0v) is 18.7. The largest absolute Gasteiger partial charge is 0.295 e. The molecule has 0 fully saturated rings. The number of halogens is 6. The number of rotatable bonds is 4. The van der Waals surface area contributed by atoms with Crippen molar-refractivity contribution in [1.29, 1.82) is 0 Å². The standard InChI is InChI=1S/C24H16ClF5O3S/c25-24(34(31,32)33)20(27)19(26)21(28,16-10-4-1-5-11-16)22(29,17-12-6-2-7-13-17)23(24,30)18-14-8-3-9-15-18/h1-15H,(H,31,32,33). The van der Waals surface area contributed by atoms with Crippen LogP contribution in [0.1, 0.15) is 16.7 Å². The van der Waals surface area contributed by atoms with Crippen molar-refractivity contribution in [3.63, 3.8) is 0 Å². The van der Waals surface area contributed by atoms with Gasteiger partial charge in [-0.25, -0.2) is 22.0 Å². The van der Waals surface area contributed by atoms with Crippen molar-refractivity contribution in [1.82, 2.24) is 0 Å². The van der Waals surface area contributed by atoms with Gasteiger partial charge in [0.05, 0.1) is 0 Å². The monoisotopic (exact) mass is 514 g/mol. The average Bonchev–Trinajstić information content (AvgIpc) is 2.85. The van der Waals surface area contributed by atoms with E-state index in [0.29, 0.717) is 0 Å². The summed E-state index contributed by atoms with van der Waals surface area (Å²) in [5.41, 5.74) is -15.7. The third-order valence-corrected chi connectivity index (χ3v) is 8.22. The Balaban J connectivity index is 2.32. The van der Waals surface area contributed by atoms with Crippen LogP contribution in [0.5, 0.6) is 0 Å². The third kappa shape index (κ3) is 2.80. The molecule has 0 heterocycles. The highest BCUT2D eigenvalue weighted by Gasteiger charge is 2.85. The van der Waals surface area contributed by atoms with E-state index in [2.05, 4.69) is 0 Å². The summed E-state index contributed by atoms with van der Waals surface area (Å²) in [6.45, 7) is 0. The molecule has 1 N–H and O–H groups in total. The molecule has 1 aliphatic rings. The fraction of sp³-hybridized carbons (Fsp3) is 0.167. The second-order valence-corrected chi connectivity index (χ2v) is 10.1. The Morgan fingerprint density at radius 1 is 0.618 bits per heavy atom. The summed E-state index contributed by atoms with van der Waals surface area (Å²) in [4.78, 5) is 0. The molecule has 4 rings (SSSR count). The molecule has 0 bridgehead atoms. The quantitative estimate of drug-likeness (QED) is 0.243. The first-order valence-corrected chi connectivity index (χ1v) is 11.7. The minimum Gasteiger partial charge on any atom is -0.284 e. The van der Waals surface area contributed by atoms with E-state index in [-0.39, 0.29) is 0 Å². The van der Waals surface area contributed by atoms with Gasteiger partial charge in [-0.05, 0) is 16.7 Å². The molecule has 0 radical (unpaired) electrons. The highest BCUT2D eigenvalue weighted by Crippen LogP contribution is 2.72. The molecule has 4 atom stereocenters. The number of hydrogen-bond donors (Lipinski definition) is 1. The van der Waals surface area contributed by atoms with E-state index in [1.54, 1.807) is 0 Å². The van der Waals surface area contributed by atoms with Crippen LogP contribution in [-0.4, -0.2) is 17.2 Å². The molecule has 4 unspecified atom stereocenters. The summed E-state index contributed by atoms with van der Waals surface area (Å²) in [5.74, 6) is -5.33. The maximum atomic E-state index is 17.6. The van der Waals surface area contributed by atoms with Gasteiger partial charge in [-0.1, -0.05) is 103 Å². The van der Waals surface area contributed by atoms with Gasteiger partial charge >= 0.3 is 0 Å². The molecule has 3 nitrogen and oxygen atoms in total. The molecule has 0 spiro atoms. The molecule has 1 aliphatic carbocycles. The summed E-state index contributed by atoms with van der Waals surface area (Å²) in [6, 6.07) is 16.3. The van der Waals surface area contributed by atoms with Crippen molar-refractivity contribution in [2.75, 3.05) is 0 Å². The third-order valence-electron chi connectivity index (χ3n) is 6.04. The van der Waals surface area contributed by atoms with Crippen LogP contribution < -0.4 is 0 Å². The van der Waals surface area contributed by atoms with E-state index in [1.165, 1.54) is 42.5 Å². The van der Waals surface area contributed by atoms with Gasteiger partial charge in [-0.2, -0.15) is 8.42 Å². The van der Waals surface area contributed by atoms with Crippen LogP contribution in [0.15, 0.2) is 103 Å². The minimum absolute atomic E-state index is 0.835. The Kier molecular flexibility index (Phi) is 5.66. The van der Waals surface area contributed by atoms with Crippen LogP contribution in [0.4, 0.5) is 22.0 Å². The lowest BCUT2D eigenvalue weighted by atomic mass is 9.60. The van der Waals surface area contributed by atoms with E-state index in [4.69, 9.17) is 11.6 Å². The van der Waals surface area contributed by atoms with Crippen molar-refractivity contribution in [2.45, 2.75) is 21.2 Å². The van der Waals surface area contributed by atoms with E-state index in [0.717, 1.165) is 48.5 Å². The maximum absolute atomic E-state index is 17.6. The summed E-state index contributed by atoms with van der Waals surface area (Å²) in [5, 5.41) is 0. The molecule has 0 amide bonds. The highest BCUT2D eigenvalue weighted by molar-refractivity contribution is 7.89. The minimum atomic E-state index is -6.16. The van der Waals surface area contributed by atoms with E-state index < -0.39 is 59.7 Å². The topological polar surface area (TPSA) is 54.4 Å². The molecule has 0 aromatic heterocycles. The molecule has 3 aromatic carbocycles. The Labute approximate surface area is 197 Å². The van der Waals surface area contributed by atoms with Crippen LogP contribution in [0.3, 0.4) is 0 Å². The van der Waals surface area contributed by atoms with Gasteiger partial charge < -0.3 is 0 Å². The molecule has 0 saturated heterocycles. The van der Waals surface area contributed by atoms with Crippen LogP contribution in [-0.2, 0) is 27.1 Å². The number of alkyl halides is 4. The lowest BCUT2D eigenvalue weighted by Gasteiger charge is -2.54. The van der Waals surface area contributed by atoms with Gasteiger partial charge in [0.2, 0.25) is 17.0 Å². The Morgan fingerprint density at radius 3 is 1.35 bits per heavy atom. The lowest BCUT2D eigenvalue weighted by Crippen LogP contribution is -2.69. The van der Waals surface area contributed by atoms with E-state index in [9.17, 15) is 13.0 Å². The molecular weight excluding hydrogens is 499 g/mol. The predicted octanol–water partition coefficient (Wildman–Crippen LogP) is 6.57. The lowest BCUT2D eigenvalue weighted by molar-refractivity contribution is -0.170. The highest BCUT2D eigenvalue weighted by atomic mass is 35.5. The molecular formula is C24H16ClF5O3S. The van der Waals surface area contributed by atoms with Crippen molar-refractivity contribution >= 4 is 21.7 Å². The van der Waals surface area contributed by atoms with Crippen LogP contribution in [0.2, 0.25) is 0 Å². The van der Waals surface area contributed by atoms with Gasteiger partial charge in [0.25, 0.3) is 14.3 Å². The average molecular weight is 515 g/mol. The van der Waals surface area contributed by atoms with Crippen molar-refractivity contribution < 1.29 is 34.9 Å². The molecule has 34 heavy (non-hydrogen) atoms. The van der Waals surface area contributed by atoms with Crippen molar-refractivity contribution in [2.24, 2.45) is 0 Å². The fourth-order valence-corrected chi connectivity index (χ4v) is 5.71. The number of benzene rings is 3. The van der Waals surface area contributed by atoms with Gasteiger partial charge in [0.1, 0.15) is 0 Å². The normalized spacial score (nSPS) is 32.0. The Morgan fingerprint density at radius 2 is 0.971 bits per heavy atom. The first-order chi connectivity index (χ1) is 15.9. The molecule has 0 saturated carbocycles. The van der Waals surface area contributed by atoms with Crippen LogP contribution in [0.25, 0.3) is 0 Å². The zero-order chi connectivity index (χ0) is 25.0. The fourth-order valence-electron chi connectivity index (χ4n) is 4.46. The van der Waals surface area contributed by atoms with Crippen LogP contribution in [0, 0.1) is 0 Å². The van der Waals surface area contributed by atoms with E-state index in [1.807, 2.05) is 0 Å². The number of hydrogen-bond acceptors (Lipinski definition) is 2. The summed E-state index contributed by atoms with van der Waals surface area (Å²) < 4.78 is 113. The molecule has 10 heteroatoms. The van der Waals surface area contributed by atoms with Crippen molar-refractivity contribution in [3.05, 3.63) is 119 Å². The maximum Gasteiger partial charge on any atom is 0.295 e. The predicted molar refractivity (Wildman–Crippen MR) is 117 cm³/mol. The Hall–Kier alpha value is -2.75. The van der Waals surface area contributed by atoms with Gasteiger partial charge in [0, 0.05) is 0 Å². The SMILES string of the molecule is O=S(=O)(O)C1(Cl)C(F)=C(F)C(F)(c2ccccc2)C(F)(c2ccccc2)C1(F)c1ccccc1. The van der Waals surface area contributed by atoms with Crippen LogP contribution >= 0.6 is 11.6 Å². The van der Waals surface area contributed by atoms with Gasteiger partial charge in [0.15, 0.2) is 11.7 Å². The second-order valence-electron chi connectivity index (χ2n) is 7.77. The first kappa shape index (κ1) is 24.4. The summed E-state index contributed by atoms with van der Waals surface area (Å²) in [6.07, 6.45) is 0. The second kappa shape index (κ2) is 7.90. The van der Waals surface area contributed by atoms with E-state index >= 15 is 22.0 Å². The Bertz CT molecular complexity index is 1360. The molecule has 0 aliphatic heterocycles. The zero-order valence-electron chi connectivity index (χ0n) is 17.1. The summed E-state index contributed by atoms with van der Waals surface area (Å²) >= 11 is 5.89. The van der Waals surface area contributed by atoms with Crippen molar-refractivity contribution in [3.8, 4) is 0 Å². The van der Waals surface area contributed by atoms with Gasteiger partial charge in [-0.15, -0.1) is 0 Å². The summed E-state index contributed by atoms with van der Waals surface area (Å²) in [7, 11) is -6.16. The first-order valence-electron chi connectivity index (χ1n) is 9.84. The smallest absolute Gasteiger partial charge is 0.284 e. The molecule has 3 aromatic rings. The van der Waals surface area contributed by atoms with Gasteiger partial charge in [-0.3, -0.25) is 4.55 Å².